The lowest BCUT2D eigenvalue weighted by atomic mass is 10.2. The summed E-state index contributed by atoms with van der Waals surface area (Å²) < 4.78 is 44.6. The summed E-state index contributed by atoms with van der Waals surface area (Å²) >= 11 is 0. The lowest BCUT2D eigenvalue weighted by molar-refractivity contribution is 0.350. The van der Waals surface area contributed by atoms with Gasteiger partial charge in [-0.3, -0.25) is 0 Å². The molecule has 0 atom stereocenters. The van der Waals surface area contributed by atoms with Crippen LogP contribution in [-0.4, -0.2) is 25.3 Å². The van der Waals surface area contributed by atoms with E-state index in [0.717, 1.165) is 6.07 Å². The molecule has 1 aromatic carbocycles. The zero-order chi connectivity index (χ0) is 15.3. The first kappa shape index (κ1) is 15.2. The summed E-state index contributed by atoms with van der Waals surface area (Å²) in [5.74, 6) is 3.89. The van der Waals surface area contributed by atoms with Crippen molar-refractivity contribution in [3.63, 3.8) is 0 Å². The maximum Gasteiger partial charge on any atom is 0.241 e. The highest BCUT2D eigenvalue weighted by Gasteiger charge is 2.16. The van der Waals surface area contributed by atoms with Crippen molar-refractivity contribution in [2.75, 3.05) is 6.61 Å². The van der Waals surface area contributed by atoms with Crippen molar-refractivity contribution in [1.82, 2.24) is 9.88 Å². The average molecular weight is 310 g/mol. The van der Waals surface area contributed by atoms with Gasteiger partial charge in [0.25, 0.3) is 0 Å². The summed E-state index contributed by atoms with van der Waals surface area (Å²) in [6.07, 6.45) is 1.32. The van der Waals surface area contributed by atoms with Crippen LogP contribution in [0.3, 0.4) is 0 Å². The van der Waals surface area contributed by atoms with Gasteiger partial charge in [-0.25, -0.2) is 17.5 Å². The van der Waals surface area contributed by atoms with E-state index in [9.17, 15) is 12.8 Å². The molecule has 2 rings (SSSR count). The van der Waals surface area contributed by atoms with Gasteiger partial charge in [0.2, 0.25) is 10.0 Å². The van der Waals surface area contributed by atoms with Crippen molar-refractivity contribution in [3.05, 3.63) is 47.6 Å². The van der Waals surface area contributed by atoms with Crippen LogP contribution in [0.4, 0.5) is 4.39 Å². The number of benzene rings is 1. The van der Waals surface area contributed by atoms with Gasteiger partial charge < -0.3 is 9.63 Å². The monoisotopic (exact) mass is 310 g/mol. The maximum absolute atomic E-state index is 13.7. The van der Waals surface area contributed by atoms with E-state index in [1.807, 2.05) is 0 Å². The van der Waals surface area contributed by atoms with Crippen LogP contribution >= 0.6 is 0 Å². The van der Waals surface area contributed by atoms with Gasteiger partial charge in [0.05, 0.1) is 22.7 Å². The normalized spacial score (nSPS) is 11.0. The number of hydrogen-bond acceptors (Lipinski definition) is 5. The summed E-state index contributed by atoms with van der Waals surface area (Å²) in [5.41, 5.74) is 0.420. The molecular formula is C13H11FN2O4S. The third-order valence-electron chi connectivity index (χ3n) is 2.49. The Balaban J connectivity index is 2.18. The van der Waals surface area contributed by atoms with Crippen molar-refractivity contribution in [2.45, 2.75) is 11.4 Å². The van der Waals surface area contributed by atoms with Crippen LogP contribution in [-0.2, 0) is 16.6 Å². The highest BCUT2D eigenvalue weighted by atomic mass is 32.2. The maximum atomic E-state index is 13.7. The minimum Gasteiger partial charge on any atom is -0.384 e. The Morgan fingerprint density at radius 1 is 1.38 bits per heavy atom. The SMILES string of the molecule is O=S(=O)(NCc1ccon1)c1ccc(C#CCO)c(F)c1. The number of sulfonamides is 1. The number of aromatic nitrogens is 1. The van der Waals surface area contributed by atoms with Gasteiger partial charge in [0, 0.05) is 6.07 Å². The molecule has 6 nitrogen and oxygen atoms in total. The number of halogens is 1. The summed E-state index contributed by atoms with van der Waals surface area (Å²) in [5, 5.41) is 12.1. The lowest BCUT2D eigenvalue weighted by Gasteiger charge is -2.06. The summed E-state index contributed by atoms with van der Waals surface area (Å²) in [6.45, 7) is -0.467. The number of nitrogens with zero attached hydrogens (tertiary/aromatic N) is 1. The first-order valence-corrected chi connectivity index (χ1v) is 7.29. The molecule has 0 radical (unpaired) electrons. The van der Waals surface area contributed by atoms with Crippen LogP contribution in [0.25, 0.3) is 0 Å². The second-order valence-electron chi connectivity index (χ2n) is 3.92. The van der Waals surface area contributed by atoms with Crippen molar-refractivity contribution >= 4 is 10.0 Å². The molecule has 0 unspecified atom stereocenters. The van der Waals surface area contributed by atoms with Crippen LogP contribution in [0.15, 0.2) is 39.9 Å². The van der Waals surface area contributed by atoms with E-state index in [-0.39, 0.29) is 17.0 Å². The van der Waals surface area contributed by atoms with E-state index in [0.29, 0.717) is 5.69 Å². The highest BCUT2D eigenvalue weighted by molar-refractivity contribution is 7.89. The van der Waals surface area contributed by atoms with E-state index < -0.39 is 22.4 Å². The Hall–Kier alpha value is -2.21. The Kier molecular flexibility index (Phi) is 4.70. The van der Waals surface area contributed by atoms with Gasteiger partial charge >= 0.3 is 0 Å². The molecule has 21 heavy (non-hydrogen) atoms. The summed E-state index contributed by atoms with van der Waals surface area (Å²) in [4.78, 5) is -0.224. The van der Waals surface area contributed by atoms with E-state index in [4.69, 9.17) is 5.11 Å². The minimum atomic E-state index is -3.87. The molecule has 110 valence electrons. The van der Waals surface area contributed by atoms with Crippen LogP contribution < -0.4 is 4.72 Å². The molecule has 0 fully saturated rings. The second kappa shape index (κ2) is 6.49. The average Bonchev–Trinajstić information content (AvgIpc) is 2.97. The number of aliphatic hydroxyl groups excluding tert-OH is 1. The first-order chi connectivity index (χ1) is 10.0. The quantitative estimate of drug-likeness (QED) is 0.808. The van der Waals surface area contributed by atoms with Crippen molar-refractivity contribution < 1.29 is 22.4 Å². The third-order valence-corrected chi connectivity index (χ3v) is 3.89. The smallest absolute Gasteiger partial charge is 0.241 e. The zero-order valence-electron chi connectivity index (χ0n) is 10.7. The van der Waals surface area contributed by atoms with Crippen LogP contribution in [0, 0.1) is 17.7 Å². The van der Waals surface area contributed by atoms with Gasteiger partial charge in [-0.1, -0.05) is 17.0 Å². The van der Waals surface area contributed by atoms with Gasteiger partial charge in [0.1, 0.15) is 18.7 Å². The standard InChI is InChI=1S/C13H11FN2O4S/c14-13-8-12(4-3-10(13)2-1-6-17)21(18,19)15-9-11-5-7-20-16-11/h3-5,7-8,15,17H,6,9H2. The van der Waals surface area contributed by atoms with E-state index in [1.165, 1.54) is 24.5 Å². The second-order valence-corrected chi connectivity index (χ2v) is 5.68. The largest absolute Gasteiger partial charge is 0.384 e. The fourth-order valence-corrected chi connectivity index (χ4v) is 2.49. The summed E-state index contributed by atoms with van der Waals surface area (Å²) in [6, 6.07) is 4.85. The van der Waals surface area contributed by atoms with Crippen molar-refractivity contribution in [3.8, 4) is 11.8 Å². The van der Waals surface area contributed by atoms with Crippen LogP contribution in [0.1, 0.15) is 11.3 Å². The molecule has 1 aromatic heterocycles. The van der Waals surface area contributed by atoms with Crippen LogP contribution in [0.5, 0.6) is 0 Å². The molecule has 8 heteroatoms. The molecule has 0 amide bonds. The van der Waals surface area contributed by atoms with E-state index in [1.54, 1.807) is 0 Å². The number of rotatable bonds is 4. The molecule has 0 saturated heterocycles. The Morgan fingerprint density at radius 3 is 2.81 bits per heavy atom. The fourth-order valence-electron chi connectivity index (χ4n) is 1.48. The van der Waals surface area contributed by atoms with Gasteiger partial charge in [0.15, 0.2) is 0 Å². The fraction of sp³-hybridized carbons (Fsp3) is 0.154. The topological polar surface area (TPSA) is 92.4 Å². The molecule has 1 heterocycles. The van der Waals surface area contributed by atoms with Crippen molar-refractivity contribution in [1.29, 1.82) is 0 Å². The number of nitrogens with one attached hydrogen (secondary N) is 1. The predicted octanol–water partition coefficient (Wildman–Crippen LogP) is 0.636. The molecular weight excluding hydrogens is 299 g/mol. The molecule has 2 N–H and O–H groups in total. The lowest BCUT2D eigenvalue weighted by Crippen LogP contribution is -2.23. The molecule has 0 aliphatic rings. The van der Waals surface area contributed by atoms with Crippen LogP contribution in [0.2, 0.25) is 0 Å². The molecule has 0 spiro atoms. The molecule has 0 aliphatic heterocycles. The molecule has 0 aliphatic carbocycles. The predicted molar refractivity (Wildman–Crippen MR) is 70.9 cm³/mol. The molecule has 0 bridgehead atoms. The highest BCUT2D eigenvalue weighted by Crippen LogP contribution is 2.14. The molecule has 2 aromatic rings. The van der Waals surface area contributed by atoms with E-state index >= 15 is 0 Å². The van der Waals surface area contributed by atoms with E-state index in [2.05, 4.69) is 26.2 Å². The Bertz CT molecular complexity index is 776. The van der Waals surface area contributed by atoms with Gasteiger partial charge in [-0.05, 0) is 18.2 Å². The Labute approximate surface area is 120 Å². The first-order valence-electron chi connectivity index (χ1n) is 5.81. The number of hydrogen-bond donors (Lipinski definition) is 2. The summed E-state index contributed by atoms with van der Waals surface area (Å²) in [7, 11) is -3.87. The number of aliphatic hydroxyl groups is 1. The van der Waals surface area contributed by atoms with Gasteiger partial charge in [-0.2, -0.15) is 0 Å². The zero-order valence-corrected chi connectivity index (χ0v) is 11.5. The van der Waals surface area contributed by atoms with Crippen molar-refractivity contribution in [2.24, 2.45) is 0 Å². The molecule has 0 saturated carbocycles. The van der Waals surface area contributed by atoms with Gasteiger partial charge in [-0.15, -0.1) is 0 Å². The minimum absolute atomic E-state index is 0.0134. The Morgan fingerprint density at radius 2 is 2.19 bits per heavy atom. The third kappa shape index (κ3) is 3.88.